The van der Waals surface area contributed by atoms with E-state index in [4.69, 9.17) is 10.2 Å². The molecule has 0 spiro atoms. The second kappa shape index (κ2) is 15.6. The summed E-state index contributed by atoms with van der Waals surface area (Å²) in [5.41, 5.74) is 11.4. The first-order valence-corrected chi connectivity index (χ1v) is 20.3. The van der Waals surface area contributed by atoms with E-state index in [0.29, 0.717) is 11.8 Å². The summed E-state index contributed by atoms with van der Waals surface area (Å²) in [6, 6.07) is 63.0. The first kappa shape index (κ1) is 37.2. The fraction of sp³-hybridized carbons (Fsp3) is 0.0769. The molecule has 0 N–H and O–H groups in total. The van der Waals surface area contributed by atoms with Crippen LogP contribution in [-0.4, -0.2) is 34.9 Å². The van der Waals surface area contributed by atoms with Crippen molar-refractivity contribution >= 4 is 55.9 Å². The molecule has 0 radical (unpaired) electrons. The van der Waals surface area contributed by atoms with Gasteiger partial charge in [0, 0.05) is 73.8 Å². The van der Waals surface area contributed by atoms with Crippen LogP contribution in [0, 0.1) is 0 Å². The summed E-state index contributed by atoms with van der Waals surface area (Å²) in [4.78, 5) is 13.8. The molecule has 0 saturated carbocycles. The highest BCUT2D eigenvalue weighted by atomic mass is 15.4. The Bertz CT molecular complexity index is 2930. The molecule has 0 saturated heterocycles. The number of nitrogens with zero attached hydrogens (tertiary/aromatic N) is 9. The van der Waals surface area contributed by atoms with Crippen molar-refractivity contribution in [3.63, 3.8) is 0 Å². The van der Waals surface area contributed by atoms with Gasteiger partial charge in [-0.15, -0.1) is 20.4 Å². The van der Waals surface area contributed by atoms with E-state index in [-0.39, 0.29) is 5.41 Å². The third kappa shape index (κ3) is 7.23. The Hall–Kier alpha value is -8.04. The number of hydrogen-bond acceptors (Lipinski definition) is 8. The summed E-state index contributed by atoms with van der Waals surface area (Å²) >= 11 is 0. The first-order chi connectivity index (χ1) is 29.9. The highest BCUT2D eigenvalue weighted by molar-refractivity contribution is 6.11. The van der Waals surface area contributed by atoms with Crippen molar-refractivity contribution in [3.8, 4) is 28.5 Å². The highest BCUT2D eigenvalue weighted by Gasteiger charge is 2.24. The Labute approximate surface area is 354 Å². The summed E-state index contributed by atoms with van der Waals surface area (Å²) in [7, 11) is 0. The number of rotatable bonds is 9. The van der Waals surface area contributed by atoms with E-state index >= 15 is 0 Å². The lowest BCUT2D eigenvalue weighted by Crippen LogP contribution is -2.19. The van der Waals surface area contributed by atoms with E-state index in [9.17, 15) is 0 Å². The van der Waals surface area contributed by atoms with Gasteiger partial charge in [0.2, 0.25) is 0 Å². The molecule has 0 atom stereocenters. The minimum atomic E-state index is -0.320. The van der Waals surface area contributed by atoms with Crippen LogP contribution in [0.25, 0.3) is 50.3 Å². The third-order valence-corrected chi connectivity index (χ3v) is 10.7. The molecule has 4 heterocycles. The van der Waals surface area contributed by atoms with Crippen molar-refractivity contribution in [3.05, 3.63) is 200 Å². The molecule has 9 heteroatoms. The van der Waals surface area contributed by atoms with Crippen LogP contribution in [0.1, 0.15) is 26.6 Å². The van der Waals surface area contributed by atoms with Crippen molar-refractivity contribution in [1.82, 2.24) is 34.9 Å². The normalized spacial score (nSPS) is 11.5. The van der Waals surface area contributed by atoms with Crippen molar-refractivity contribution in [1.29, 1.82) is 0 Å². The number of aromatic nitrogens is 7. The lowest BCUT2D eigenvalue weighted by Gasteiger charge is -2.26. The molecule has 4 aromatic heterocycles. The van der Waals surface area contributed by atoms with Crippen molar-refractivity contribution in [2.24, 2.45) is 0 Å². The molecule has 6 aromatic carbocycles. The summed E-state index contributed by atoms with van der Waals surface area (Å²) in [5, 5.41) is 20.9. The topological polar surface area (TPSA) is 88.8 Å². The van der Waals surface area contributed by atoms with E-state index in [1.165, 1.54) is 0 Å². The summed E-state index contributed by atoms with van der Waals surface area (Å²) in [6.45, 7) is 6.19. The zero-order valence-electron chi connectivity index (χ0n) is 34.0. The monoisotopic (exact) mass is 791 g/mol. The number of fused-ring (bicyclic) bond motifs is 3. The van der Waals surface area contributed by atoms with E-state index in [2.05, 4.69) is 189 Å². The van der Waals surface area contributed by atoms with Crippen LogP contribution in [-0.2, 0) is 5.41 Å². The van der Waals surface area contributed by atoms with Gasteiger partial charge in [-0.25, -0.2) is 0 Å². The van der Waals surface area contributed by atoms with E-state index in [1.54, 1.807) is 0 Å². The van der Waals surface area contributed by atoms with Gasteiger partial charge in [0.1, 0.15) is 0 Å². The van der Waals surface area contributed by atoms with Crippen LogP contribution < -0.4 is 9.80 Å². The van der Waals surface area contributed by atoms with E-state index in [0.717, 1.165) is 78.4 Å². The zero-order valence-corrected chi connectivity index (χ0v) is 34.0. The minimum Gasteiger partial charge on any atom is -0.310 e. The predicted octanol–water partition coefficient (Wildman–Crippen LogP) is 12.7. The lowest BCUT2D eigenvalue weighted by atomic mass is 9.96. The number of benzene rings is 6. The lowest BCUT2D eigenvalue weighted by molar-refractivity contribution is 0.516. The minimum absolute atomic E-state index is 0.320. The van der Waals surface area contributed by atoms with Gasteiger partial charge in [0.25, 0.3) is 5.95 Å². The molecular formula is C52H41N9. The van der Waals surface area contributed by atoms with Gasteiger partial charge in [-0.1, -0.05) is 106 Å². The molecular weight excluding hydrogens is 751 g/mol. The zero-order chi connectivity index (χ0) is 41.3. The smallest absolute Gasteiger partial charge is 0.273 e. The Morgan fingerprint density at radius 2 is 0.820 bits per heavy atom. The molecule has 0 bridgehead atoms. The second-order valence-electron chi connectivity index (χ2n) is 15.9. The fourth-order valence-corrected chi connectivity index (χ4v) is 7.83. The Balaban J connectivity index is 1.19. The molecule has 61 heavy (non-hydrogen) atoms. The number of anilines is 6. The number of hydrogen-bond donors (Lipinski definition) is 0. The fourth-order valence-electron chi connectivity index (χ4n) is 7.83. The van der Waals surface area contributed by atoms with Gasteiger partial charge in [0.15, 0.2) is 5.82 Å². The summed E-state index contributed by atoms with van der Waals surface area (Å²) in [5.74, 6) is 0.957. The largest absolute Gasteiger partial charge is 0.310 e. The molecule has 9 nitrogen and oxygen atoms in total. The maximum absolute atomic E-state index is 4.76. The number of para-hydroxylation sites is 2. The first-order valence-electron chi connectivity index (χ1n) is 20.3. The van der Waals surface area contributed by atoms with E-state index < -0.39 is 0 Å². The van der Waals surface area contributed by atoms with Gasteiger partial charge in [-0.2, -0.15) is 0 Å². The molecule has 10 rings (SSSR count). The molecule has 10 aromatic rings. The quantitative estimate of drug-likeness (QED) is 0.143. The SMILES string of the molecule is CC(C)(C)c1nnc(-n2c3cc(N(c4ccccc4)c4cccc(-c5ccccn5)c4)ccc3c3ccc(N(c4ccccc4)c4cccc(-c5ccccn5)c4)cc32)nn1. The average Bonchev–Trinajstić information content (AvgIpc) is 3.63. The van der Waals surface area contributed by atoms with Crippen LogP contribution in [0.4, 0.5) is 34.1 Å². The molecule has 0 aliphatic rings. The van der Waals surface area contributed by atoms with Crippen LogP contribution in [0.5, 0.6) is 0 Å². The molecule has 294 valence electrons. The molecule has 0 aliphatic heterocycles. The molecule has 0 aliphatic carbocycles. The maximum atomic E-state index is 4.76. The van der Waals surface area contributed by atoms with Crippen molar-refractivity contribution < 1.29 is 0 Å². The highest BCUT2D eigenvalue weighted by Crippen LogP contribution is 2.43. The molecule has 0 unspecified atom stereocenters. The maximum Gasteiger partial charge on any atom is 0.273 e. The van der Waals surface area contributed by atoms with E-state index in [1.807, 2.05) is 60.9 Å². The predicted molar refractivity (Wildman–Crippen MR) is 246 cm³/mol. The third-order valence-electron chi connectivity index (χ3n) is 10.7. The number of pyridine rings is 2. The summed E-state index contributed by atoms with van der Waals surface area (Å²) < 4.78 is 2.09. The van der Waals surface area contributed by atoms with Gasteiger partial charge in [-0.05, 0) is 97.1 Å². The average molecular weight is 792 g/mol. The van der Waals surface area contributed by atoms with Gasteiger partial charge in [-0.3, -0.25) is 14.5 Å². The Kier molecular flexibility index (Phi) is 9.53. The van der Waals surface area contributed by atoms with Crippen LogP contribution in [0.3, 0.4) is 0 Å². The Morgan fingerprint density at radius 1 is 0.393 bits per heavy atom. The standard InChI is InChI=1S/C52H41N9/c1-52(2,3)50-55-57-51(58-56-50)61-48-34-42(59(38-18-6-4-7-19-38)40-22-14-16-36(32-40)46-24-10-12-30-53-46)26-28-44(48)45-29-27-43(35-49(45)61)60(39-20-8-5-9-21-39)41-23-15-17-37(33-41)47-25-11-13-31-54-47/h4-35H,1-3H3. The summed E-state index contributed by atoms with van der Waals surface area (Å²) in [6.07, 6.45) is 3.65. The second-order valence-corrected chi connectivity index (χ2v) is 15.9. The van der Waals surface area contributed by atoms with Gasteiger partial charge >= 0.3 is 0 Å². The van der Waals surface area contributed by atoms with Crippen LogP contribution in [0.2, 0.25) is 0 Å². The van der Waals surface area contributed by atoms with Crippen LogP contribution in [0.15, 0.2) is 194 Å². The Morgan fingerprint density at radius 3 is 1.25 bits per heavy atom. The van der Waals surface area contributed by atoms with Crippen LogP contribution >= 0.6 is 0 Å². The van der Waals surface area contributed by atoms with Gasteiger partial charge in [0.05, 0.1) is 22.4 Å². The molecule has 0 amide bonds. The molecule has 0 fully saturated rings. The van der Waals surface area contributed by atoms with Crippen molar-refractivity contribution in [2.45, 2.75) is 26.2 Å². The van der Waals surface area contributed by atoms with Gasteiger partial charge < -0.3 is 9.80 Å². The van der Waals surface area contributed by atoms with Crippen molar-refractivity contribution in [2.75, 3.05) is 9.80 Å².